The molecule has 4 rings (SSSR count). The first-order valence-corrected chi connectivity index (χ1v) is 13.4. The summed E-state index contributed by atoms with van der Waals surface area (Å²) in [5, 5.41) is 4.67. The smallest absolute Gasteiger partial charge is 0.246 e. The molecule has 2 aromatic rings. The summed E-state index contributed by atoms with van der Waals surface area (Å²) >= 11 is 3.43. The van der Waals surface area contributed by atoms with Crippen LogP contribution in [0, 0.1) is 17.6 Å². The Labute approximate surface area is 217 Å². The number of nitrogens with one attached hydrogen (secondary N) is 1. The van der Waals surface area contributed by atoms with Gasteiger partial charge in [-0.15, -0.1) is 0 Å². The minimum absolute atomic E-state index is 0.0912. The third-order valence-electron chi connectivity index (χ3n) is 5.91. The van der Waals surface area contributed by atoms with E-state index in [0.717, 1.165) is 17.7 Å². The molecular weight excluding hydrogens is 554 g/mol. The second kappa shape index (κ2) is 11.0. The minimum atomic E-state index is -4.17. The number of sulfonamides is 1. The maximum atomic E-state index is 14.3. The zero-order chi connectivity index (χ0) is 25.9. The number of benzene rings is 1. The molecule has 12 heteroatoms. The molecule has 2 aliphatic rings. The highest BCUT2D eigenvalue weighted by Crippen LogP contribution is 2.30. The Morgan fingerprint density at radius 2 is 2.14 bits per heavy atom. The molecule has 3 heterocycles. The van der Waals surface area contributed by atoms with Gasteiger partial charge in [0.1, 0.15) is 22.4 Å². The largest absolute Gasteiger partial charge is 0.366 e. The minimum Gasteiger partial charge on any atom is -0.366 e. The molecule has 0 saturated carbocycles. The number of pyridine rings is 1. The summed E-state index contributed by atoms with van der Waals surface area (Å²) in [6.07, 6.45) is 7.99. The lowest BCUT2D eigenvalue weighted by Crippen LogP contribution is -2.44. The van der Waals surface area contributed by atoms with Crippen molar-refractivity contribution in [2.75, 3.05) is 13.1 Å². The van der Waals surface area contributed by atoms with Crippen LogP contribution in [-0.2, 0) is 16.6 Å². The predicted molar refractivity (Wildman–Crippen MR) is 137 cm³/mol. The second-order valence-corrected chi connectivity index (χ2v) is 11.1. The second-order valence-electron chi connectivity index (χ2n) is 8.30. The van der Waals surface area contributed by atoms with Crippen LogP contribution in [0.4, 0.5) is 8.78 Å². The molecular formula is C24H25BrF2N6O2S. The normalized spacial score (nSPS) is 20.4. The molecule has 0 radical (unpaired) electrons. The summed E-state index contributed by atoms with van der Waals surface area (Å²) in [6.45, 7) is 4.53. The third-order valence-corrected chi connectivity index (χ3v) is 8.49. The number of rotatable bonds is 7. The van der Waals surface area contributed by atoms with E-state index in [4.69, 9.17) is 5.84 Å². The van der Waals surface area contributed by atoms with Crippen LogP contribution in [0.1, 0.15) is 18.4 Å². The van der Waals surface area contributed by atoms with Crippen LogP contribution < -0.4 is 11.2 Å². The highest BCUT2D eigenvalue weighted by atomic mass is 79.9. The maximum Gasteiger partial charge on any atom is 0.246 e. The molecule has 0 amide bonds. The molecule has 1 aromatic heterocycles. The van der Waals surface area contributed by atoms with E-state index < -0.39 is 26.6 Å². The van der Waals surface area contributed by atoms with Crippen molar-refractivity contribution in [1.82, 2.24) is 19.6 Å². The fraction of sp³-hybridized carbons (Fsp3) is 0.250. The summed E-state index contributed by atoms with van der Waals surface area (Å²) in [4.78, 5) is 8.25. The van der Waals surface area contributed by atoms with Gasteiger partial charge >= 0.3 is 0 Å². The molecule has 1 unspecified atom stereocenters. The van der Waals surface area contributed by atoms with Gasteiger partial charge in [0.25, 0.3) is 0 Å². The van der Waals surface area contributed by atoms with Crippen molar-refractivity contribution in [3.05, 3.63) is 94.8 Å². The number of nitrogens with two attached hydrogens (primary N) is 1. The first-order chi connectivity index (χ1) is 17.2. The van der Waals surface area contributed by atoms with Gasteiger partial charge in [-0.25, -0.2) is 33.0 Å². The molecule has 8 nitrogen and oxygen atoms in total. The Kier molecular flexibility index (Phi) is 7.98. The number of hydrogen-bond acceptors (Lipinski definition) is 7. The fourth-order valence-electron chi connectivity index (χ4n) is 4.06. The van der Waals surface area contributed by atoms with Crippen LogP contribution in [0.5, 0.6) is 0 Å². The van der Waals surface area contributed by atoms with Gasteiger partial charge in [0.2, 0.25) is 10.0 Å². The monoisotopic (exact) mass is 578 g/mol. The molecule has 2 aliphatic heterocycles. The van der Waals surface area contributed by atoms with Crippen molar-refractivity contribution in [3.63, 3.8) is 0 Å². The van der Waals surface area contributed by atoms with Crippen molar-refractivity contribution in [2.45, 2.75) is 24.3 Å². The van der Waals surface area contributed by atoms with Crippen LogP contribution in [0.3, 0.4) is 0 Å². The van der Waals surface area contributed by atoms with E-state index in [2.05, 4.69) is 37.8 Å². The summed E-state index contributed by atoms with van der Waals surface area (Å²) in [6, 6.07) is 6.22. The van der Waals surface area contributed by atoms with Gasteiger partial charge < -0.3 is 5.32 Å². The van der Waals surface area contributed by atoms with E-state index in [9.17, 15) is 17.2 Å². The average Bonchev–Trinajstić information content (AvgIpc) is 2.88. The molecule has 1 saturated heterocycles. The van der Waals surface area contributed by atoms with Crippen LogP contribution in [0.15, 0.2) is 87.5 Å². The van der Waals surface area contributed by atoms with E-state index in [1.54, 1.807) is 24.5 Å². The molecule has 0 aliphatic carbocycles. The van der Waals surface area contributed by atoms with Gasteiger partial charge in [-0.2, -0.15) is 4.31 Å². The SMILES string of the molecule is C=C/C(Br)=C1/N=C(C2CCCN(S(=O)(=O)c3ccc(F)cc3F)C2)C=C(NCc2cccnc2)N1N. The quantitative estimate of drug-likeness (QED) is 0.485. The Balaban J connectivity index is 1.62. The van der Waals surface area contributed by atoms with Crippen molar-refractivity contribution < 1.29 is 17.2 Å². The van der Waals surface area contributed by atoms with E-state index in [-0.39, 0.29) is 19.0 Å². The number of aliphatic imine (C=N–C) groups is 1. The lowest BCUT2D eigenvalue weighted by atomic mass is 9.93. The van der Waals surface area contributed by atoms with E-state index in [1.165, 1.54) is 9.31 Å². The van der Waals surface area contributed by atoms with Gasteiger partial charge in [0, 0.05) is 50.1 Å². The first kappa shape index (κ1) is 26.1. The standard InChI is InChI=1S/C24H25BrF2N6O2S/c1-2-19(25)24-31-21(12-23(33(24)28)30-14-16-5-3-9-29-13-16)17-6-4-10-32(15-17)36(34,35)22-8-7-18(26)11-20(22)27/h2-3,5,7-9,11-13,17,30H,1,4,6,10,14-15,28H2/b24-19+. The van der Waals surface area contributed by atoms with Crippen LogP contribution >= 0.6 is 15.9 Å². The maximum absolute atomic E-state index is 14.3. The van der Waals surface area contributed by atoms with Gasteiger partial charge in [0.05, 0.1) is 10.2 Å². The van der Waals surface area contributed by atoms with Crippen molar-refractivity contribution in [2.24, 2.45) is 16.8 Å². The Morgan fingerprint density at radius 1 is 1.33 bits per heavy atom. The van der Waals surface area contributed by atoms with Crippen molar-refractivity contribution in [1.29, 1.82) is 0 Å². The number of hydrazine groups is 1. The van der Waals surface area contributed by atoms with Crippen LogP contribution in [0.25, 0.3) is 0 Å². The summed E-state index contributed by atoms with van der Waals surface area (Å²) < 4.78 is 55.8. The summed E-state index contributed by atoms with van der Waals surface area (Å²) in [7, 11) is -4.17. The number of piperidine rings is 1. The Hall–Kier alpha value is -2.93. The topological polar surface area (TPSA) is 104 Å². The van der Waals surface area contributed by atoms with Gasteiger partial charge in [-0.3, -0.25) is 4.98 Å². The molecule has 0 spiro atoms. The molecule has 190 valence electrons. The van der Waals surface area contributed by atoms with Crippen LogP contribution in [0.2, 0.25) is 0 Å². The van der Waals surface area contributed by atoms with Gasteiger partial charge in [-0.1, -0.05) is 18.7 Å². The zero-order valence-corrected chi connectivity index (χ0v) is 21.6. The van der Waals surface area contributed by atoms with Gasteiger partial charge in [-0.05, 0) is 52.5 Å². The van der Waals surface area contributed by atoms with Crippen molar-refractivity contribution >= 4 is 31.7 Å². The number of allylic oxidation sites excluding steroid dienone is 3. The number of aromatic nitrogens is 1. The third kappa shape index (κ3) is 5.56. The average molecular weight is 579 g/mol. The molecule has 1 atom stereocenters. The molecule has 1 fully saturated rings. The highest BCUT2D eigenvalue weighted by Gasteiger charge is 2.35. The summed E-state index contributed by atoms with van der Waals surface area (Å²) in [5.41, 5.74) is 1.57. The molecule has 0 bridgehead atoms. The van der Waals surface area contributed by atoms with Crippen LogP contribution in [-0.4, -0.2) is 41.5 Å². The number of halogens is 3. The van der Waals surface area contributed by atoms with E-state index in [0.29, 0.717) is 47.3 Å². The Morgan fingerprint density at radius 3 is 2.83 bits per heavy atom. The molecule has 3 N–H and O–H groups in total. The lowest BCUT2D eigenvalue weighted by molar-refractivity contribution is 0.309. The molecule has 1 aromatic carbocycles. The zero-order valence-electron chi connectivity index (χ0n) is 19.2. The number of hydrogen-bond donors (Lipinski definition) is 2. The van der Waals surface area contributed by atoms with Gasteiger partial charge in [0.15, 0.2) is 5.82 Å². The first-order valence-electron chi connectivity index (χ1n) is 11.2. The highest BCUT2D eigenvalue weighted by molar-refractivity contribution is 9.11. The molecule has 36 heavy (non-hydrogen) atoms. The summed E-state index contributed by atoms with van der Waals surface area (Å²) in [5.74, 6) is 5.05. The van der Waals surface area contributed by atoms with Crippen molar-refractivity contribution in [3.8, 4) is 0 Å². The fourth-order valence-corrected chi connectivity index (χ4v) is 5.91. The van der Waals surface area contributed by atoms with E-state index >= 15 is 0 Å². The Bertz CT molecular complexity index is 1350. The number of nitrogens with zero attached hydrogens (tertiary/aromatic N) is 4. The predicted octanol–water partition coefficient (Wildman–Crippen LogP) is 3.77. The van der Waals surface area contributed by atoms with E-state index in [1.807, 2.05) is 12.1 Å². The lowest BCUT2D eigenvalue weighted by Gasteiger charge is -2.35.